The molecule has 1 unspecified atom stereocenters. The fourth-order valence-corrected chi connectivity index (χ4v) is 0.416. The lowest BCUT2D eigenvalue weighted by molar-refractivity contribution is -0.128. The zero-order valence-corrected chi connectivity index (χ0v) is 8.16. The molecule has 2 N–H and O–H groups in total. The Morgan fingerprint density at radius 3 is 2.33 bits per heavy atom. The number of carbonyl (C=O) groups is 1. The van der Waals surface area contributed by atoms with Crippen molar-refractivity contribution in [3.05, 3.63) is 0 Å². The summed E-state index contributed by atoms with van der Waals surface area (Å²) in [5.41, 5.74) is 5.20. The predicted molar refractivity (Wildman–Crippen MR) is 50.4 cm³/mol. The SMILES string of the molecule is CC.CN(C)C(=O)CC(N)C#N.[HH]. The van der Waals surface area contributed by atoms with Crippen molar-refractivity contribution >= 4 is 5.91 Å². The molecule has 0 aromatic rings. The highest BCUT2D eigenvalue weighted by molar-refractivity contribution is 5.76. The van der Waals surface area contributed by atoms with Gasteiger partial charge in [0.15, 0.2) is 0 Å². The largest absolute Gasteiger partial charge is 0.349 e. The Hall–Kier alpha value is -1.08. The van der Waals surface area contributed by atoms with Crippen LogP contribution in [0.4, 0.5) is 0 Å². The lowest BCUT2D eigenvalue weighted by atomic mass is 10.2. The molecule has 0 rings (SSSR count). The summed E-state index contributed by atoms with van der Waals surface area (Å²) in [6.45, 7) is 4.00. The summed E-state index contributed by atoms with van der Waals surface area (Å²) in [5.74, 6) is -0.117. The molecule has 0 aliphatic heterocycles. The Bertz CT molecular complexity index is 165. The topological polar surface area (TPSA) is 70.1 Å². The Labute approximate surface area is 75.4 Å². The third-order valence-electron chi connectivity index (χ3n) is 1.06. The number of nitrogens with zero attached hydrogens (tertiary/aromatic N) is 2. The number of amides is 1. The molecule has 0 radical (unpaired) electrons. The van der Waals surface area contributed by atoms with E-state index in [4.69, 9.17) is 11.0 Å². The third kappa shape index (κ3) is 7.03. The van der Waals surface area contributed by atoms with Crippen LogP contribution in [0.1, 0.15) is 21.7 Å². The van der Waals surface area contributed by atoms with E-state index in [-0.39, 0.29) is 13.8 Å². The Morgan fingerprint density at radius 2 is 2.08 bits per heavy atom. The number of rotatable bonds is 2. The second-order valence-electron chi connectivity index (χ2n) is 2.23. The quantitative estimate of drug-likeness (QED) is 0.664. The van der Waals surface area contributed by atoms with Gasteiger partial charge in [-0.25, -0.2) is 0 Å². The van der Waals surface area contributed by atoms with Gasteiger partial charge in [-0.05, 0) is 0 Å². The fourth-order valence-electron chi connectivity index (χ4n) is 0.416. The van der Waals surface area contributed by atoms with Gasteiger partial charge in [-0.3, -0.25) is 4.79 Å². The maximum atomic E-state index is 10.8. The number of carbonyl (C=O) groups excluding carboxylic acids is 1. The van der Waals surface area contributed by atoms with Gasteiger partial charge >= 0.3 is 0 Å². The molecule has 0 saturated carbocycles. The highest BCUT2D eigenvalue weighted by atomic mass is 16.2. The molecule has 0 heterocycles. The van der Waals surface area contributed by atoms with Crippen molar-refractivity contribution in [2.75, 3.05) is 14.1 Å². The van der Waals surface area contributed by atoms with Crippen molar-refractivity contribution < 1.29 is 6.22 Å². The van der Waals surface area contributed by atoms with Crippen LogP contribution in [0.25, 0.3) is 0 Å². The van der Waals surface area contributed by atoms with Crippen molar-refractivity contribution in [2.45, 2.75) is 26.3 Å². The van der Waals surface area contributed by atoms with Crippen LogP contribution >= 0.6 is 0 Å². The molecule has 0 saturated heterocycles. The highest BCUT2D eigenvalue weighted by Crippen LogP contribution is 1.89. The second kappa shape index (κ2) is 8.02. The smallest absolute Gasteiger partial charge is 0.224 e. The zero-order chi connectivity index (χ0) is 10.1. The molecule has 4 nitrogen and oxygen atoms in total. The van der Waals surface area contributed by atoms with Gasteiger partial charge < -0.3 is 10.6 Å². The van der Waals surface area contributed by atoms with Crippen molar-refractivity contribution in [3.8, 4) is 6.07 Å². The molecule has 0 aliphatic carbocycles. The second-order valence-corrected chi connectivity index (χ2v) is 2.23. The highest BCUT2D eigenvalue weighted by Gasteiger charge is 2.08. The maximum absolute atomic E-state index is 10.8. The van der Waals surface area contributed by atoms with Crippen LogP contribution in [-0.4, -0.2) is 30.9 Å². The van der Waals surface area contributed by atoms with Crippen molar-refractivity contribution in [2.24, 2.45) is 5.73 Å². The first-order valence-corrected chi connectivity index (χ1v) is 3.93. The fraction of sp³-hybridized carbons (Fsp3) is 0.750. The molecule has 0 aromatic carbocycles. The van der Waals surface area contributed by atoms with Gasteiger partial charge in [-0.15, -0.1) is 0 Å². The first-order chi connectivity index (χ1) is 5.57. The minimum absolute atomic E-state index is 0. The first-order valence-electron chi connectivity index (χ1n) is 3.93. The van der Waals surface area contributed by atoms with E-state index in [1.807, 2.05) is 13.8 Å². The number of hydrogen-bond acceptors (Lipinski definition) is 3. The Balaban J connectivity index is -0.000000309. The molecule has 4 heteroatoms. The minimum atomic E-state index is -0.671. The van der Waals surface area contributed by atoms with Gasteiger partial charge in [0.05, 0.1) is 12.5 Å². The van der Waals surface area contributed by atoms with Crippen LogP contribution in [0.5, 0.6) is 0 Å². The van der Waals surface area contributed by atoms with Crippen LogP contribution in [0.15, 0.2) is 0 Å². The van der Waals surface area contributed by atoms with Crippen LogP contribution in [0, 0.1) is 11.3 Å². The van der Waals surface area contributed by atoms with E-state index < -0.39 is 6.04 Å². The van der Waals surface area contributed by atoms with Crippen molar-refractivity contribution in [1.29, 1.82) is 5.26 Å². The van der Waals surface area contributed by atoms with E-state index in [1.54, 1.807) is 20.2 Å². The van der Waals surface area contributed by atoms with E-state index in [0.29, 0.717) is 0 Å². The summed E-state index contributed by atoms with van der Waals surface area (Å²) in [7, 11) is 3.26. The molecular formula is C8H19N3O. The van der Waals surface area contributed by atoms with E-state index in [1.165, 1.54) is 4.90 Å². The standard InChI is InChI=1S/C6H11N3O.C2H6.H2/c1-9(2)6(10)3-5(8)4-7;1-2;/h5H,3,8H2,1-2H3;1-2H3;1H. The molecule has 0 aliphatic rings. The predicted octanol–water partition coefficient (Wildman–Crippen LogP) is 0.588. The van der Waals surface area contributed by atoms with Gasteiger partial charge in [-0.2, -0.15) is 5.26 Å². The monoisotopic (exact) mass is 173 g/mol. The third-order valence-corrected chi connectivity index (χ3v) is 1.06. The van der Waals surface area contributed by atoms with Crippen LogP contribution in [0.2, 0.25) is 0 Å². The molecule has 0 bridgehead atoms. The van der Waals surface area contributed by atoms with Crippen LogP contribution in [-0.2, 0) is 4.79 Å². The van der Waals surface area contributed by atoms with Crippen LogP contribution in [0.3, 0.4) is 0 Å². The molecule has 1 amide bonds. The lowest BCUT2D eigenvalue weighted by Gasteiger charge is -2.09. The summed E-state index contributed by atoms with van der Waals surface area (Å²) < 4.78 is 0. The zero-order valence-electron chi connectivity index (χ0n) is 8.16. The molecule has 1 atom stereocenters. The summed E-state index contributed by atoms with van der Waals surface area (Å²) >= 11 is 0. The molecule has 0 fully saturated rings. The van der Waals surface area contributed by atoms with Gasteiger partial charge in [0, 0.05) is 15.5 Å². The van der Waals surface area contributed by atoms with Crippen molar-refractivity contribution in [1.82, 2.24) is 4.90 Å². The minimum Gasteiger partial charge on any atom is -0.349 e. The summed E-state index contributed by atoms with van der Waals surface area (Å²) in [5, 5.41) is 8.22. The lowest BCUT2D eigenvalue weighted by Crippen LogP contribution is -2.29. The normalized spacial score (nSPS) is 10.3. The number of hydrogen-bond donors (Lipinski definition) is 1. The van der Waals surface area contributed by atoms with Gasteiger partial charge in [-0.1, -0.05) is 13.8 Å². The van der Waals surface area contributed by atoms with Gasteiger partial charge in [0.25, 0.3) is 0 Å². The average molecular weight is 173 g/mol. The molecule has 0 aromatic heterocycles. The summed E-state index contributed by atoms with van der Waals surface area (Å²) in [6.07, 6.45) is 0.101. The van der Waals surface area contributed by atoms with E-state index in [9.17, 15) is 4.79 Å². The Kier molecular flexibility index (Phi) is 9.03. The summed E-state index contributed by atoms with van der Waals surface area (Å²) in [4.78, 5) is 12.2. The molecule has 72 valence electrons. The Morgan fingerprint density at radius 1 is 1.67 bits per heavy atom. The van der Waals surface area contributed by atoms with E-state index in [2.05, 4.69) is 0 Å². The number of nitrogens with two attached hydrogens (primary N) is 1. The van der Waals surface area contributed by atoms with Gasteiger partial charge in [0.1, 0.15) is 6.04 Å². The number of nitriles is 1. The van der Waals surface area contributed by atoms with E-state index >= 15 is 0 Å². The first kappa shape index (κ1) is 13.5. The molecular weight excluding hydrogens is 154 g/mol. The van der Waals surface area contributed by atoms with Crippen molar-refractivity contribution in [3.63, 3.8) is 0 Å². The average Bonchev–Trinajstić information content (AvgIpc) is 2.07. The van der Waals surface area contributed by atoms with E-state index in [0.717, 1.165) is 0 Å². The van der Waals surface area contributed by atoms with Gasteiger partial charge in [0.2, 0.25) is 5.91 Å². The van der Waals surface area contributed by atoms with Crippen LogP contribution < -0.4 is 5.73 Å². The summed E-state index contributed by atoms with van der Waals surface area (Å²) in [6, 6.07) is 1.11. The maximum Gasteiger partial charge on any atom is 0.224 e. The molecule has 12 heavy (non-hydrogen) atoms. The molecule has 0 spiro atoms.